The number of benzene rings is 1. The Balaban J connectivity index is 1.84. The van der Waals surface area contributed by atoms with Crippen molar-refractivity contribution >= 4 is 57.9 Å². The first-order valence-corrected chi connectivity index (χ1v) is 9.39. The van der Waals surface area contributed by atoms with Crippen LogP contribution < -0.4 is 5.32 Å². The van der Waals surface area contributed by atoms with Crippen LogP contribution in [0, 0.1) is 6.92 Å². The molecule has 0 aliphatic rings. The highest BCUT2D eigenvalue weighted by Gasteiger charge is 2.20. The molecular weight excluding hydrogens is 397 g/mol. The molecule has 0 saturated carbocycles. The standard InChI is InChI=1S/C18H17Cl2NO4S/c1-10-6-8-15(26-10)14(22)7-9-16(23)25-11(2)18(24)21-17-12(19)4-3-5-13(17)20/h3-6,8,11H,7,9H2,1-2H3,(H,21,24)/t11-/m1/s1. The summed E-state index contributed by atoms with van der Waals surface area (Å²) >= 11 is 13.3. The van der Waals surface area contributed by atoms with E-state index in [9.17, 15) is 14.4 Å². The zero-order valence-corrected chi connectivity index (χ0v) is 16.5. The molecule has 138 valence electrons. The summed E-state index contributed by atoms with van der Waals surface area (Å²) in [5.41, 5.74) is 0.256. The molecule has 1 N–H and O–H groups in total. The van der Waals surface area contributed by atoms with E-state index < -0.39 is 18.0 Å². The van der Waals surface area contributed by atoms with Crippen LogP contribution in [-0.4, -0.2) is 23.8 Å². The van der Waals surface area contributed by atoms with Crippen LogP contribution in [0.3, 0.4) is 0 Å². The van der Waals surface area contributed by atoms with Crippen LogP contribution in [0.2, 0.25) is 10.0 Å². The van der Waals surface area contributed by atoms with Crippen LogP contribution in [0.4, 0.5) is 5.69 Å². The lowest BCUT2D eigenvalue weighted by atomic mass is 10.2. The van der Waals surface area contributed by atoms with E-state index in [-0.39, 0.29) is 34.4 Å². The molecule has 1 heterocycles. The first-order valence-electron chi connectivity index (χ1n) is 7.82. The summed E-state index contributed by atoms with van der Waals surface area (Å²) in [6.45, 7) is 3.34. The number of nitrogens with one attached hydrogen (secondary N) is 1. The molecule has 1 atom stereocenters. The minimum atomic E-state index is -1.05. The fourth-order valence-electron chi connectivity index (χ4n) is 2.07. The van der Waals surface area contributed by atoms with E-state index in [4.69, 9.17) is 27.9 Å². The van der Waals surface area contributed by atoms with Gasteiger partial charge in [-0.05, 0) is 38.1 Å². The van der Waals surface area contributed by atoms with Crippen molar-refractivity contribution in [1.82, 2.24) is 0 Å². The summed E-state index contributed by atoms with van der Waals surface area (Å²) in [5, 5.41) is 3.09. The molecule has 1 amide bonds. The van der Waals surface area contributed by atoms with Crippen molar-refractivity contribution in [3.63, 3.8) is 0 Å². The SMILES string of the molecule is Cc1ccc(C(=O)CCC(=O)O[C@H](C)C(=O)Nc2c(Cl)cccc2Cl)s1. The Kier molecular flexibility index (Phi) is 7.20. The summed E-state index contributed by atoms with van der Waals surface area (Å²) < 4.78 is 5.07. The smallest absolute Gasteiger partial charge is 0.307 e. The largest absolute Gasteiger partial charge is 0.453 e. The summed E-state index contributed by atoms with van der Waals surface area (Å²) in [5.74, 6) is -1.31. The van der Waals surface area contributed by atoms with Crippen molar-refractivity contribution in [3.05, 3.63) is 50.1 Å². The zero-order valence-electron chi connectivity index (χ0n) is 14.2. The van der Waals surface area contributed by atoms with E-state index in [1.807, 2.05) is 13.0 Å². The number of ether oxygens (including phenoxy) is 1. The van der Waals surface area contributed by atoms with Crippen LogP contribution in [0.25, 0.3) is 0 Å². The number of carbonyl (C=O) groups excluding carboxylic acids is 3. The number of hydrogen-bond donors (Lipinski definition) is 1. The molecule has 5 nitrogen and oxygen atoms in total. The third-order valence-electron chi connectivity index (χ3n) is 3.46. The molecule has 0 unspecified atom stereocenters. The molecule has 0 spiro atoms. The van der Waals surface area contributed by atoms with Gasteiger partial charge >= 0.3 is 5.97 Å². The van der Waals surface area contributed by atoms with Gasteiger partial charge in [-0.3, -0.25) is 14.4 Å². The van der Waals surface area contributed by atoms with Gasteiger partial charge in [-0.25, -0.2) is 0 Å². The summed E-state index contributed by atoms with van der Waals surface area (Å²) in [6, 6.07) is 8.39. The molecular formula is C18H17Cl2NO4S. The lowest BCUT2D eigenvalue weighted by molar-refractivity contribution is -0.153. The second kappa shape index (κ2) is 9.16. The fraction of sp³-hybridized carbons (Fsp3) is 0.278. The maximum atomic E-state index is 12.1. The number of Topliss-reactive ketones (excluding diaryl/α,β-unsaturated/α-hetero) is 1. The number of esters is 1. The van der Waals surface area contributed by atoms with Crippen molar-refractivity contribution < 1.29 is 19.1 Å². The van der Waals surface area contributed by atoms with Gasteiger partial charge in [-0.15, -0.1) is 11.3 Å². The predicted octanol–water partition coefficient (Wildman–Crippen LogP) is 4.90. The highest BCUT2D eigenvalue weighted by atomic mass is 35.5. The lowest BCUT2D eigenvalue weighted by Gasteiger charge is -2.15. The third kappa shape index (κ3) is 5.56. The highest BCUT2D eigenvalue weighted by Crippen LogP contribution is 2.30. The molecule has 2 aromatic rings. The van der Waals surface area contributed by atoms with E-state index in [1.54, 1.807) is 24.3 Å². The lowest BCUT2D eigenvalue weighted by Crippen LogP contribution is -2.30. The molecule has 0 aliphatic carbocycles. The fourth-order valence-corrected chi connectivity index (χ4v) is 3.40. The molecule has 1 aromatic carbocycles. The Bertz CT molecular complexity index is 814. The zero-order chi connectivity index (χ0) is 19.3. The summed E-state index contributed by atoms with van der Waals surface area (Å²) in [6.07, 6.45) is -1.11. The molecule has 8 heteroatoms. The van der Waals surface area contributed by atoms with Crippen molar-refractivity contribution in [2.45, 2.75) is 32.8 Å². The number of para-hydroxylation sites is 1. The van der Waals surface area contributed by atoms with Crippen molar-refractivity contribution in [2.24, 2.45) is 0 Å². The van der Waals surface area contributed by atoms with Gasteiger partial charge in [-0.1, -0.05) is 29.3 Å². The molecule has 0 radical (unpaired) electrons. The number of carbonyl (C=O) groups is 3. The van der Waals surface area contributed by atoms with E-state index in [1.165, 1.54) is 18.3 Å². The van der Waals surface area contributed by atoms with E-state index in [0.717, 1.165) is 4.88 Å². The van der Waals surface area contributed by atoms with Crippen LogP contribution >= 0.6 is 34.5 Å². The normalized spacial score (nSPS) is 11.7. The van der Waals surface area contributed by atoms with Gasteiger partial charge in [0.1, 0.15) is 0 Å². The van der Waals surface area contributed by atoms with Gasteiger partial charge in [-0.2, -0.15) is 0 Å². The molecule has 26 heavy (non-hydrogen) atoms. The van der Waals surface area contributed by atoms with E-state index in [0.29, 0.717) is 4.88 Å². The van der Waals surface area contributed by atoms with Gasteiger partial charge < -0.3 is 10.1 Å². The molecule has 0 bridgehead atoms. The summed E-state index contributed by atoms with van der Waals surface area (Å²) in [4.78, 5) is 37.7. The summed E-state index contributed by atoms with van der Waals surface area (Å²) in [7, 11) is 0. The number of halogens is 2. The van der Waals surface area contributed by atoms with Crippen molar-refractivity contribution in [1.29, 1.82) is 0 Å². The first-order chi connectivity index (χ1) is 12.3. The number of amides is 1. The average molecular weight is 414 g/mol. The van der Waals surface area contributed by atoms with Crippen LogP contribution in [0.15, 0.2) is 30.3 Å². The van der Waals surface area contributed by atoms with Crippen molar-refractivity contribution in [2.75, 3.05) is 5.32 Å². The Hall–Kier alpha value is -1.89. The Morgan fingerprint density at radius 2 is 1.77 bits per heavy atom. The van der Waals surface area contributed by atoms with Gasteiger partial charge in [0.05, 0.1) is 27.0 Å². The quantitative estimate of drug-likeness (QED) is 0.517. The topological polar surface area (TPSA) is 72.5 Å². The number of hydrogen-bond acceptors (Lipinski definition) is 5. The highest BCUT2D eigenvalue weighted by molar-refractivity contribution is 7.14. The van der Waals surface area contributed by atoms with Crippen LogP contribution in [-0.2, 0) is 14.3 Å². The second-order valence-electron chi connectivity index (χ2n) is 5.55. The predicted molar refractivity (Wildman–Crippen MR) is 103 cm³/mol. The molecule has 0 saturated heterocycles. The number of thiophene rings is 1. The molecule has 2 rings (SSSR count). The average Bonchev–Trinajstić information content (AvgIpc) is 3.02. The Morgan fingerprint density at radius 3 is 2.35 bits per heavy atom. The minimum absolute atomic E-state index is 0.0312. The maximum absolute atomic E-state index is 12.1. The van der Waals surface area contributed by atoms with Gasteiger partial charge in [0.2, 0.25) is 0 Å². The van der Waals surface area contributed by atoms with Gasteiger partial charge in [0.25, 0.3) is 5.91 Å². The Morgan fingerprint density at radius 1 is 1.12 bits per heavy atom. The number of aryl methyl sites for hydroxylation is 1. The Labute approximate surface area is 165 Å². The molecule has 0 fully saturated rings. The molecule has 0 aliphatic heterocycles. The number of rotatable bonds is 7. The third-order valence-corrected chi connectivity index (χ3v) is 5.13. The first kappa shape index (κ1) is 20.4. The van der Waals surface area contributed by atoms with Crippen molar-refractivity contribution in [3.8, 4) is 0 Å². The van der Waals surface area contributed by atoms with E-state index in [2.05, 4.69) is 5.32 Å². The van der Waals surface area contributed by atoms with Crippen LogP contribution in [0.1, 0.15) is 34.3 Å². The maximum Gasteiger partial charge on any atom is 0.307 e. The number of ketones is 1. The minimum Gasteiger partial charge on any atom is -0.453 e. The van der Waals surface area contributed by atoms with Crippen LogP contribution in [0.5, 0.6) is 0 Å². The van der Waals surface area contributed by atoms with Gasteiger partial charge in [0, 0.05) is 11.3 Å². The monoisotopic (exact) mass is 413 g/mol. The number of anilines is 1. The van der Waals surface area contributed by atoms with Gasteiger partial charge in [0.15, 0.2) is 11.9 Å². The second-order valence-corrected chi connectivity index (χ2v) is 7.65. The molecule has 1 aromatic heterocycles. The van der Waals surface area contributed by atoms with E-state index >= 15 is 0 Å².